The molecule has 3 nitrogen and oxygen atoms in total. The van der Waals surface area contributed by atoms with E-state index in [1.54, 1.807) is 13.8 Å². The van der Waals surface area contributed by atoms with E-state index in [0.717, 1.165) is 0 Å². The standard InChI is InChI=1S/C12H10Br2Cl3NO2/c1-11(2,10(20)12(13,14)17)18-9(19)6-3-7(15)5-8(16)4-6/h3-5H,1-2H3,(H,18,19). The number of halogens is 5. The van der Waals surface area contributed by atoms with E-state index in [-0.39, 0.29) is 5.56 Å². The quantitative estimate of drug-likeness (QED) is 0.651. The van der Waals surface area contributed by atoms with Gasteiger partial charge in [-0.25, -0.2) is 0 Å². The molecule has 0 bridgehead atoms. The second-order valence-electron chi connectivity index (χ2n) is 4.56. The number of hydrogen-bond donors (Lipinski definition) is 1. The average molecular weight is 466 g/mol. The lowest BCUT2D eigenvalue weighted by Gasteiger charge is -2.28. The highest BCUT2D eigenvalue weighted by atomic mass is 79.9. The molecular formula is C12H10Br2Cl3NO2. The number of ketones is 1. The normalized spacial score (nSPS) is 12.2. The number of nitrogens with one attached hydrogen (secondary N) is 1. The molecular weight excluding hydrogens is 456 g/mol. The van der Waals surface area contributed by atoms with Crippen LogP contribution in [0.25, 0.3) is 0 Å². The van der Waals surface area contributed by atoms with Crippen LogP contribution >= 0.6 is 66.7 Å². The van der Waals surface area contributed by atoms with Gasteiger partial charge in [0.1, 0.15) is 0 Å². The maximum Gasteiger partial charge on any atom is 0.252 e. The molecule has 0 unspecified atom stereocenters. The summed E-state index contributed by atoms with van der Waals surface area (Å²) in [6, 6.07) is 4.43. The third kappa shape index (κ3) is 4.88. The first-order valence-corrected chi connectivity index (χ1v) is 8.06. The number of alkyl halides is 3. The van der Waals surface area contributed by atoms with Crippen LogP contribution in [0.1, 0.15) is 24.2 Å². The van der Waals surface area contributed by atoms with Crippen molar-refractivity contribution >= 4 is 78.4 Å². The van der Waals surface area contributed by atoms with Gasteiger partial charge in [0.25, 0.3) is 5.91 Å². The van der Waals surface area contributed by atoms with Crippen molar-refractivity contribution in [2.75, 3.05) is 0 Å². The second kappa shape index (κ2) is 6.53. The van der Waals surface area contributed by atoms with Crippen LogP contribution in [0.3, 0.4) is 0 Å². The molecule has 1 rings (SSSR count). The molecule has 110 valence electrons. The predicted molar refractivity (Wildman–Crippen MR) is 89.5 cm³/mol. The third-order valence-corrected chi connectivity index (χ3v) is 3.70. The van der Waals surface area contributed by atoms with Crippen LogP contribution < -0.4 is 5.32 Å². The summed E-state index contributed by atoms with van der Waals surface area (Å²) in [6.45, 7) is 3.08. The van der Waals surface area contributed by atoms with E-state index >= 15 is 0 Å². The van der Waals surface area contributed by atoms with E-state index in [1.807, 2.05) is 0 Å². The van der Waals surface area contributed by atoms with Gasteiger partial charge in [-0.15, -0.1) is 0 Å². The number of Topliss-reactive ketones (excluding diaryl/α,β-unsaturated/α-hetero) is 1. The molecule has 0 spiro atoms. The van der Waals surface area contributed by atoms with Crippen LogP contribution in [0.5, 0.6) is 0 Å². The Bertz CT molecular complexity index is 536. The van der Waals surface area contributed by atoms with Crippen molar-refractivity contribution < 1.29 is 9.59 Å². The van der Waals surface area contributed by atoms with Gasteiger partial charge in [-0.05, 0) is 63.9 Å². The first-order chi connectivity index (χ1) is 8.93. The summed E-state index contributed by atoms with van der Waals surface area (Å²) in [4.78, 5) is 24.2. The molecule has 20 heavy (non-hydrogen) atoms. The van der Waals surface area contributed by atoms with Gasteiger partial charge >= 0.3 is 0 Å². The summed E-state index contributed by atoms with van der Waals surface area (Å²) < 4.78 is -1.44. The minimum absolute atomic E-state index is 0.257. The summed E-state index contributed by atoms with van der Waals surface area (Å²) >= 11 is 23.5. The molecule has 0 aliphatic carbocycles. The summed E-state index contributed by atoms with van der Waals surface area (Å²) in [6.07, 6.45) is 0. The minimum Gasteiger partial charge on any atom is -0.340 e. The van der Waals surface area contributed by atoms with Gasteiger partial charge < -0.3 is 5.32 Å². The lowest BCUT2D eigenvalue weighted by atomic mass is 9.99. The highest BCUT2D eigenvalue weighted by Gasteiger charge is 2.42. The number of carbonyl (C=O) groups is 2. The highest BCUT2D eigenvalue weighted by Crippen LogP contribution is 2.35. The summed E-state index contributed by atoms with van der Waals surface area (Å²) in [5, 5.41) is 3.25. The SMILES string of the molecule is CC(C)(NC(=O)c1cc(Cl)cc(Cl)c1)C(=O)C(Cl)(Br)Br. The first-order valence-electron chi connectivity index (χ1n) is 5.34. The van der Waals surface area contributed by atoms with Crippen molar-refractivity contribution in [2.45, 2.75) is 22.1 Å². The molecule has 0 aliphatic heterocycles. The Morgan fingerprint density at radius 3 is 1.95 bits per heavy atom. The number of hydrogen-bond acceptors (Lipinski definition) is 2. The maximum absolute atomic E-state index is 12.1. The smallest absolute Gasteiger partial charge is 0.252 e. The Morgan fingerprint density at radius 2 is 1.55 bits per heavy atom. The van der Waals surface area contributed by atoms with E-state index in [2.05, 4.69) is 37.2 Å². The van der Waals surface area contributed by atoms with Crippen molar-refractivity contribution in [1.82, 2.24) is 5.32 Å². The lowest BCUT2D eigenvalue weighted by molar-refractivity contribution is -0.122. The van der Waals surface area contributed by atoms with Gasteiger partial charge in [0, 0.05) is 15.6 Å². The van der Waals surface area contributed by atoms with Gasteiger partial charge in [-0.2, -0.15) is 0 Å². The molecule has 1 aromatic rings. The van der Waals surface area contributed by atoms with Crippen LogP contribution in [0, 0.1) is 0 Å². The van der Waals surface area contributed by atoms with Gasteiger partial charge in [-0.1, -0.05) is 34.8 Å². The van der Waals surface area contributed by atoms with Crippen LogP contribution in [0.2, 0.25) is 10.0 Å². The Labute approximate surface area is 148 Å². The highest BCUT2D eigenvalue weighted by molar-refractivity contribution is 9.26. The molecule has 0 radical (unpaired) electrons. The molecule has 0 heterocycles. The summed E-state index contributed by atoms with van der Waals surface area (Å²) in [7, 11) is 0. The number of rotatable bonds is 4. The fraction of sp³-hybridized carbons (Fsp3) is 0.333. The van der Waals surface area contributed by atoms with Crippen LogP contribution in [-0.2, 0) is 4.79 Å². The minimum atomic E-state index is -1.44. The van der Waals surface area contributed by atoms with E-state index in [0.29, 0.717) is 10.0 Å². The van der Waals surface area contributed by atoms with Crippen molar-refractivity contribution in [3.63, 3.8) is 0 Å². The first kappa shape index (κ1) is 18.2. The zero-order valence-electron chi connectivity index (χ0n) is 10.4. The molecule has 8 heteroatoms. The zero-order valence-corrected chi connectivity index (χ0v) is 15.9. The van der Waals surface area contributed by atoms with Crippen molar-refractivity contribution in [2.24, 2.45) is 0 Å². The molecule has 0 saturated heterocycles. The molecule has 0 atom stereocenters. The Balaban J connectivity index is 2.97. The zero-order chi connectivity index (χ0) is 15.7. The largest absolute Gasteiger partial charge is 0.340 e. The Hall–Kier alpha value is 0.190. The monoisotopic (exact) mass is 463 g/mol. The van der Waals surface area contributed by atoms with Crippen LogP contribution in [0.15, 0.2) is 18.2 Å². The maximum atomic E-state index is 12.1. The molecule has 0 fully saturated rings. The van der Waals surface area contributed by atoms with Crippen molar-refractivity contribution in [1.29, 1.82) is 0 Å². The van der Waals surface area contributed by atoms with Gasteiger partial charge in [0.2, 0.25) is 2.69 Å². The van der Waals surface area contributed by atoms with Gasteiger partial charge in [-0.3, -0.25) is 9.59 Å². The molecule has 0 aromatic heterocycles. The average Bonchev–Trinajstić information content (AvgIpc) is 2.24. The molecule has 0 saturated carbocycles. The number of carbonyl (C=O) groups excluding carboxylic acids is 2. The Kier molecular flexibility index (Phi) is 5.95. The number of benzene rings is 1. The van der Waals surface area contributed by atoms with E-state index in [9.17, 15) is 9.59 Å². The van der Waals surface area contributed by atoms with E-state index < -0.39 is 19.9 Å². The number of amides is 1. The molecule has 0 aliphatic rings. The topological polar surface area (TPSA) is 46.2 Å². The molecule has 1 amide bonds. The van der Waals surface area contributed by atoms with Crippen LogP contribution in [-0.4, -0.2) is 19.9 Å². The van der Waals surface area contributed by atoms with E-state index in [4.69, 9.17) is 34.8 Å². The van der Waals surface area contributed by atoms with Crippen molar-refractivity contribution in [3.05, 3.63) is 33.8 Å². The van der Waals surface area contributed by atoms with Gasteiger partial charge in [0.15, 0.2) is 5.78 Å². The fourth-order valence-electron chi connectivity index (χ4n) is 1.45. The third-order valence-electron chi connectivity index (χ3n) is 2.38. The second-order valence-corrected chi connectivity index (χ2v) is 10.4. The summed E-state index contributed by atoms with van der Waals surface area (Å²) in [5.41, 5.74) is -0.937. The Morgan fingerprint density at radius 1 is 1.10 bits per heavy atom. The van der Waals surface area contributed by atoms with Gasteiger partial charge in [0.05, 0.1) is 5.54 Å². The predicted octanol–water partition coefficient (Wildman–Crippen LogP) is 4.75. The molecule has 1 N–H and O–H groups in total. The lowest BCUT2D eigenvalue weighted by Crippen LogP contribution is -2.53. The fourth-order valence-corrected chi connectivity index (χ4v) is 3.21. The summed E-state index contributed by atoms with van der Waals surface area (Å²) in [5.74, 6) is -0.929. The molecule has 1 aromatic carbocycles. The van der Waals surface area contributed by atoms with Crippen molar-refractivity contribution in [3.8, 4) is 0 Å². The van der Waals surface area contributed by atoms with Crippen LogP contribution in [0.4, 0.5) is 0 Å². The van der Waals surface area contributed by atoms with E-state index in [1.165, 1.54) is 18.2 Å².